The Morgan fingerprint density at radius 2 is 1.72 bits per heavy atom. The predicted octanol–water partition coefficient (Wildman–Crippen LogP) is 2.99. The number of carbonyl (C=O) groups is 2. The molecular weight excluding hydrogens is 328 g/mol. The third-order valence-electron chi connectivity index (χ3n) is 3.86. The first-order valence-corrected chi connectivity index (χ1v) is 7.19. The molecular formula is C17H12N2O6. The summed E-state index contributed by atoms with van der Waals surface area (Å²) in [6.45, 7) is 0.307. The quantitative estimate of drug-likeness (QED) is 0.544. The molecule has 0 bridgehead atoms. The van der Waals surface area contributed by atoms with Crippen molar-refractivity contribution < 1.29 is 24.7 Å². The molecule has 126 valence electrons. The van der Waals surface area contributed by atoms with Gasteiger partial charge in [0.05, 0.1) is 16.1 Å². The highest BCUT2D eigenvalue weighted by Gasteiger charge is 2.17. The Morgan fingerprint density at radius 1 is 1.04 bits per heavy atom. The molecule has 8 nitrogen and oxygen atoms in total. The van der Waals surface area contributed by atoms with Crippen molar-refractivity contribution in [3.8, 4) is 0 Å². The Kier molecular flexibility index (Phi) is 3.94. The van der Waals surface area contributed by atoms with Crippen LogP contribution in [0.5, 0.6) is 0 Å². The van der Waals surface area contributed by atoms with Crippen LogP contribution >= 0.6 is 0 Å². The van der Waals surface area contributed by atoms with Crippen LogP contribution in [0.2, 0.25) is 0 Å². The number of nitro groups is 1. The van der Waals surface area contributed by atoms with Crippen LogP contribution in [0.25, 0.3) is 10.9 Å². The minimum Gasteiger partial charge on any atom is -0.478 e. The van der Waals surface area contributed by atoms with Crippen LogP contribution in [0.15, 0.2) is 48.7 Å². The molecule has 0 aliphatic carbocycles. The highest BCUT2D eigenvalue weighted by atomic mass is 16.6. The summed E-state index contributed by atoms with van der Waals surface area (Å²) in [5, 5.41) is 29.5. The van der Waals surface area contributed by atoms with E-state index in [1.54, 1.807) is 16.7 Å². The van der Waals surface area contributed by atoms with Gasteiger partial charge in [-0.15, -0.1) is 0 Å². The average Bonchev–Trinajstić information content (AvgIpc) is 2.93. The number of benzene rings is 2. The van der Waals surface area contributed by atoms with Gasteiger partial charge < -0.3 is 14.8 Å². The summed E-state index contributed by atoms with van der Waals surface area (Å²) in [6.07, 6.45) is 1.42. The maximum absolute atomic E-state index is 11.4. The first-order chi connectivity index (χ1) is 11.9. The first kappa shape index (κ1) is 16.2. The van der Waals surface area contributed by atoms with Gasteiger partial charge in [-0.25, -0.2) is 9.59 Å². The number of nitrogens with zero attached hydrogens (tertiary/aromatic N) is 2. The standard InChI is InChI=1S/C17H12N2O6/c20-16(21)11-3-1-10(2-4-11)8-18-9-14(17(22)23)13-7-12(19(24)25)5-6-15(13)18/h1-7,9H,8H2,(H,20,21)(H,22,23). The molecule has 8 heteroatoms. The minimum absolute atomic E-state index is 0.0270. The first-order valence-electron chi connectivity index (χ1n) is 7.19. The van der Waals surface area contributed by atoms with Crippen LogP contribution in [0.3, 0.4) is 0 Å². The Bertz CT molecular complexity index is 1000. The van der Waals surface area contributed by atoms with Crippen LogP contribution in [-0.2, 0) is 6.54 Å². The highest BCUT2D eigenvalue weighted by molar-refractivity contribution is 6.04. The topological polar surface area (TPSA) is 123 Å². The summed E-state index contributed by atoms with van der Waals surface area (Å²) in [6, 6.07) is 10.3. The van der Waals surface area contributed by atoms with E-state index in [4.69, 9.17) is 5.11 Å². The van der Waals surface area contributed by atoms with Crippen molar-refractivity contribution in [3.05, 3.63) is 75.5 Å². The SMILES string of the molecule is O=C(O)c1ccc(Cn2cc(C(=O)O)c3cc([N+](=O)[O-])ccc32)cc1. The number of carboxylic acid groups (broad SMARTS) is 2. The highest BCUT2D eigenvalue weighted by Crippen LogP contribution is 2.27. The van der Waals surface area contributed by atoms with Gasteiger partial charge in [0.2, 0.25) is 0 Å². The van der Waals surface area contributed by atoms with Gasteiger partial charge in [-0.3, -0.25) is 10.1 Å². The van der Waals surface area contributed by atoms with Gasteiger partial charge in [-0.2, -0.15) is 0 Å². The minimum atomic E-state index is -1.18. The fourth-order valence-corrected chi connectivity index (χ4v) is 2.65. The predicted molar refractivity (Wildman–Crippen MR) is 88.1 cm³/mol. The third kappa shape index (κ3) is 3.05. The normalized spacial score (nSPS) is 10.7. The second-order valence-corrected chi connectivity index (χ2v) is 5.44. The number of carboxylic acids is 2. The number of non-ortho nitro benzene ring substituents is 1. The largest absolute Gasteiger partial charge is 0.478 e. The molecule has 2 N–H and O–H groups in total. The van der Waals surface area contributed by atoms with Crippen molar-refractivity contribution in [1.82, 2.24) is 4.57 Å². The third-order valence-corrected chi connectivity index (χ3v) is 3.86. The molecule has 0 aliphatic heterocycles. The zero-order chi connectivity index (χ0) is 18.1. The van der Waals surface area contributed by atoms with Gasteiger partial charge in [-0.1, -0.05) is 12.1 Å². The lowest BCUT2D eigenvalue weighted by Crippen LogP contribution is -2.00. The van der Waals surface area contributed by atoms with Crippen molar-refractivity contribution in [2.24, 2.45) is 0 Å². The smallest absolute Gasteiger partial charge is 0.337 e. The summed E-state index contributed by atoms with van der Waals surface area (Å²) >= 11 is 0. The molecule has 0 saturated carbocycles. The summed E-state index contributed by atoms with van der Waals surface area (Å²) in [4.78, 5) is 32.7. The van der Waals surface area contributed by atoms with Gasteiger partial charge in [0.25, 0.3) is 5.69 Å². The summed E-state index contributed by atoms with van der Waals surface area (Å²) in [5.74, 6) is -2.20. The second-order valence-electron chi connectivity index (χ2n) is 5.44. The fraction of sp³-hybridized carbons (Fsp3) is 0.0588. The maximum Gasteiger partial charge on any atom is 0.337 e. The van der Waals surface area contributed by atoms with Crippen LogP contribution in [0, 0.1) is 10.1 Å². The Hall–Kier alpha value is -3.68. The molecule has 0 radical (unpaired) electrons. The molecule has 3 aromatic rings. The number of hydrogen-bond donors (Lipinski definition) is 2. The molecule has 1 aromatic heterocycles. The van der Waals surface area contributed by atoms with E-state index in [0.717, 1.165) is 5.56 Å². The molecule has 0 spiro atoms. The number of aromatic nitrogens is 1. The molecule has 0 atom stereocenters. The molecule has 25 heavy (non-hydrogen) atoms. The summed E-state index contributed by atoms with van der Waals surface area (Å²) < 4.78 is 1.66. The van der Waals surface area contributed by atoms with E-state index < -0.39 is 16.9 Å². The molecule has 0 fully saturated rings. The van der Waals surface area contributed by atoms with E-state index in [-0.39, 0.29) is 22.2 Å². The molecule has 3 rings (SSSR count). The lowest BCUT2D eigenvalue weighted by Gasteiger charge is -2.06. The lowest BCUT2D eigenvalue weighted by atomic mass is 10.1. The molecule has 0 aliphatic rings. The number of fused-ring (bicyclic) bond motifs is 1. The van der Waals surface area contributed by atoms with Crippen molar-refractivity contribution in [2.75, 3.05) is 0 Å². The van der Waals surface area contributed by atoms with Gasteiger partial charge >= 0.3 is 11.9 Å². The van der Waals surface area contributed by atoms with E-state index in [1.165, 1.54) is 36.5 Å². The molecule has 1 heterocycles. The van der Waals surface area contributed by atoms with Crippen LogP contribution in [0.4, 0.5) is 5.69 Å². The molecule has 0 saturated heterocycles. The zero-order valence-electron chi connectivity index (χ0n) is 12.7. The van der Waals surface area contributed by atoms with Crippen LogP contribution < -0.4 is 0 Å². The molecule has 0 unspecified atom stereocenters. The average molecular weight is 340 g/mol. The van der Waals surface area contributed by atoms with E-state index in [1.807, 2.05) is 0 Å². The monoisotopic (exact) mass is 340 g/mol. The van der Waals surface area contributed by atoms with Crippen LogP contribution in [0.1, 0.15) is 26.3 Å². The number of nitro benzene ring substituents is 1. The van der Waals surface area contributed by atoms with E-state index in [0.29, 0.717) is 12.1 Å². The van der Waals surface area contributed by atoms with Crippen molar-refractivity contribution in [1.29, 1.82) is 0 Å². The van der Waals surface area contributed by atoms with Gasteiger partial charge in [0, 0.05) is 35.8 Å². The Labute approximate surface area is 140 Å². The fourth-order valence-electron chi connectivity index (χ4n) is 2.65. The Morgan fingerprint density at radius 3 is 2.28 bits per heavy atom. The van der Waals surface area contributed by atoms with Gasteiger partial charge in [0.1, 0.15) is 0 Å². The van der Waals surface area contributed by atoms with Crippen molar-refractivity contribution in [2.45, 2.75) is 6.54 Å². The van der Waals surface area contributed by atoms with Crippen LogP contribution in [-0.4, -0.2) is 31.6 Å². The lowest BCUT2D eigenvalue weighted by molar-refractivity contribution is -0.384. The number of rotatable bonds is 5. The van der Waals surface area contributed by atoms with Gasteiger partial charge in [0.15, 0.2) is 0 Å². The van der Waals surface area contributed by atoms with Crippen molar-refractivity contribution >= 4 is 28.5 Å². The summed E-state index contributed by atoms with van der Waals surface area (Å²) in [5.41, 5.74) is 1.27. The Balaban J connectivity index is 2.05. The zero-order valence-corrected chi connectivity index (χ0v) is 12.7. The maximum atomic E-state index is 11.4. The molecule has 2 aromatic carbocycles. The van der Waals surface area contributed by atoms with E-state index in [2.05, 4.69) is 0 Å². The summed E-state index contributed by atoms with van der Waals surface area (Å²) in [7, 11) is 0. The number of hydrogen-bond acceptors (Lipinski definition) is 4. The van der Waals surface area contributed by atoms with E-state index >= 15 is 0 Å². The van der Waals surface area contributed by atoms with E-state index in [9.17, 15) is 24.8 Å². The van der Waals surface area contributed by atoms with Crippen molar-refractivity contribution in [3.63, 3.8) is 0 Å². The number of aromatic carboxylic acids is 2. The second kappa shape index (κ2) is 6.08. The van der Waals surface area contributed by atoms with Gasteiger partial charge in [-0.05, 0) is 23.8 Å². The molecule has 0 amide bonds.